The number of hydrogen-bond donors (Lipinski definition) is 2. The summed E-state index contributed by atoms with van der Waals surface area (Å²) in [6, 6.07) is 10.7. The van der Waals surface area contributed by atoms with Crippen LogP contribution in [-0.2, 0) is 13.0 Å². The molecule has 108 valence electrons. The van der Waals surface area contributed by atoms with Crippen LogP contribution in [0.25, 0.3) is 11.0 Å². The summed E-state index contributed by atoms with van der Waals surface area (Å²) >= 11 is 7.88. The minimum Gasteiger partial charge on any atom is -0.341 e. The first-order valence-electron chi connectivity index (χ1n) is 7.25. The lowest BCUT2D eigenvalue weighted by molar-refractivity contribution is 0.458. The van der Waals surface area contributed by atoms with Gasteiger partial charge in [0.1, 0.15) is 5.82 Å². The Morgan fingerprint density at radius 1 is 1.38 bits per heavy atom. The molecule has 3 nitrogen and oxygen atoms in total. The first-order valence-corrected chi connectivity index (χ1v) is 8.44. The van der Waals surface area contributed by atoms with Crippen LogP contribution in [0.5, 0.6) is 0 Å². The van der Waals surface area contributed by atoms with Crippen molar-refractivity contribution in [1.29, 1.82) is 0 Å². The fourth-order valence-corrected chi connectivity index (χ4v) is 4.43. The summed E-state index contributed by atoms with van der Waals surface area (Å²) in [5.41, 5.74) is 3.50. The molecule has 1 unspecified atom stereocenters. The Morgan fingerprint density at radius 3 is 3.19 bits per heavy atom. The summed E-state index contributed by atoms with van der Waals surface area (Å²) in [4.78, 5) is 9.42. The van der Waals surface area contributed by atoms with E-state index in [0.717, 1.165) is 34.2 Å². The standard InChI is InChI=1S/C16H16ClN3S/c17-15-8-10-11(6-3-7-14(10)21-15)18-9-16-19-12-4-1-2-5-13(12)20-16/h1-2,4-5,8,11,18H,3,6-7,9H2,(H,19,20). The van der Waals surface area contributed by atoms with Gasteiger partial charge in [0.2, 0.25) is 0 Å². The number of H-pyrrole nitrogens is 1. The van der Waals surface area contributed by atoms with Gasteiger partial charge in [0.25, 0.3) is 0 Å². The molecule has 4 rings (SSSR count). The molecule has 1 aliphatic carbocycles. The second kappa shape index (κ2) is 5.44. The molecular weight excluding hydrogens is 302 g/mol. The van der Waals surface area contributed by atoms with E-state index in [4.69, 9.17) is 11.6 Å². The minimum absolute atomic E-state index is 0.394. The van der Waals surface area contributed by atoms with E-state index in [1.165, 1.54) is 23.3 Å². The molecule has 21 heavy (non-hydrogen) atoms. The first-order chi connectivity index (χ1) is 10.3. The van der Waals surface area contributed by atoms with Gasteiger partial charge in [0.05, 0.1) is 21.9 Å². The van der Waals surface area contributed by atoms with Gasteiger partial charge in [-0.25, -0.2) is 4.98 Å². The molecule has 2 heterocycles. The van der Waals surface area contributed by atoms with Gasteiger partial charge in [-0.15, -0.1) is 11.3 Å². The number of halogens is 1. The van der Waals surface area contributed by atoms with Crippen molar-refractivity contribution in [3.05, 3.63) is 50.9 Å². The van der Waals surface area contributed by atoms with Crippen molar-refractivity contribution in [2.75, 3.05) is 0 Å². The topological polar surface area (TPSA) is 40.7 Å². The van der Waals surface area contributed by atoms with Crippen LogP contribution in [0, 0.1) is 0 Å². The third-order valence-corrected chi connectivity index (χ3v) is 5.38. The van der Waals surface area contributed by atoms with Gasteiger partial charge in [-0.05, 0) is 43.0 Å². The summed E-state index contributed by atoms with van der Waals surface area (Å²) in [5.74, 6) is 0.990. The molecule has 1 aliphatic rings. The van der Waals surface area contributed by atoms with Crippen LogP contribution in [0.1, 0.15) is 35.1 Å². The SMILES string of the molecule is Clc1cc2c(s1)CCCC2NCc1nc2ccccc2[nH]1. The summed E-state index contributed by atoms with van der Waals surface area (Å²) in [7, 11) is 0. The van der Waals surface area contributed by atoms with Gasteiger partial charge in [0, 0.05) is 10.9 Å². The minimum atomic E-state index is 0.394. The van der Waals surface area contributed by atoms with E-state index in [-0.39, 0.29) is 0 Å². The monoisotopic (exact) mass is 317 g/mol. The summed E-state index contributed by atoms with van der Waals surface area (Å²) < 4.78 is 0.900. The van der Waals surface area contributed by atoms with Crippen LogP contribution in [0.15, 0.2) is 30.3 Å². The Bertz CT molecular complexity index is 744. The van der Waals surface area contributed by atoms with E-state index in [0.29, 0.717) is 6.04 Å². The molecule has 0 fully saturated rings. The highest BCUT2D eigenvalue weighted by Crippen LogP contribution is 2.37. The predicted molar refractivity (Wildman–Crippen MR) is 87.9 cm³/mol. The number of thiophene rings is 1. The molecule has 3 aromatic rings. The van der Waals surface area contributed by atoms with Gasteiger partial charge in [-0.1, -0.05) is 23.7 Å². The van der Waals surface area contributed by atoms with Gasteiger partial charge in [-0.2, -0.15) is 0 Å². The number of para-hydroxylation sites is 2. The van der Waals surface area contributed by atoms with Crippen molar-refractivity contribution < 1.29 is 0 Å². The molecule has 0 amide bonds. The lowest BCUT2D eigenvalue weighted by Crippen LogP contribution is -2.24. The van der Waals surface area contributed by atoms with Gasteiger partial charge in [-0.3, -0.25) is 0 Å². The number of benzene rings is 1. The summed E-state index contributed by atoms with van der Waals surface area (Å²) in [6.07, 6.45) is 3.55. The smallest absolute Gasteiger partial charge is 0.121 e. The zero-order valence-electron chi connectivity index (χ0n) is 11.5. The third-order valence-electron chi connectivity index (χ3n) is 4.04. The van der Waals surface area contributed by atoms with Crippen LogP contribution >= 0.6 is 22.9 Å². The number of fused-ring (bicyclic) bond motifs is 2. The maximum atomic E-state index is 6.16. The van der Waals surface area contributed by atoms with Gasteiger partial charge in [0.15, 0.2) is 0 Å². The lowest BCUT2D eigenvalue weighted by atomic mass is 9.94. The Hall–Kier alpha value is -1.36. The van der Waals surface area contributed by atoms with Crippen LogP contribution in [0.2, 0.25) is 4.34 Å². The van der Waals surface area contributed by atoms with Gasteiger partial charge >= 0.3 is 0 Å². The maximum absolute atomic E-state index is 6.16. The number of rotatable bonds is 3. The average molecular weight is 318 g/mol. The fraction of sp³-hybridized carbons (Fsp3) is 0.312. The molecule has 0 saturated carbocycles. The third kappa shape index (κ3) is 2.59. The zero-order valence-corrected chi connectivity index (χ0v) is 13.1. The van der Waals surface area contributed by atoms with E-state index in [2.05, 4.69) is 27.4 Å². The predicted octanol–water partition coefficient (Wildman–Crippen LogP) is 4.45. The molecule has 1 aromatic carbocycles. The maximum Gasteiger partial charge on any atom is 0.121 e. The molecule has 5 heteroatoms. The number of imidazole rings is 1. The van der Waals surface area contributed by atoms with E-state index in [9.17, 15) is 0 Å². The van der Waals surface area contributed by atoms with E-state index in [1.807, 2.05) is 18.2 Å². The van der Waals surface area contributed by atoms with E-state index >= 15 is 0 Å². The van der Waals surface area contributed by atoms with Gasteiger partial charge < -0.3 is 10.3 Å². The molecule has 0 aliphatic heterocycles. The fourth-order valence-electron chi connectivity index (χ4n) is 3.04. The molecule has 2 N–H and O–H groups in total. The quantitative estimate of drug-likeness (QED) is 0.749. The Kier molecular flexibility index (Phi) is 3.45. The lowest BCUT2D eigenvalue weighted by Gasteiger charge is -2.23. The number of hydrogen-bond acceptors (Lipinski definition) is 3. The number of aryl methyl sites for hydroxylation is 1. The summed E-state index contributed by atoms with van der Waals surface area (Å²) in [6.45, 7) is 0.756. The van der Waals surface area contributed by atoms with E-state index in [1.54, 1.807) is 11.3 Å². The average Bonchev–Trinajstić information content (AvgIpc) is 3.06. The molecule has 0 radical (unpaired) electrons. The largest absolute Gasteiger partial charge is 0.341 e. The normalized spacial score (nSPS) is 18.0. The van der Waals surface area contributed by atoms with Crippen molar-refractivity contribution in [3.8, 4) is 0 Å². The highest BCUT2D eigenvalue weighted by molar-refractivity contribution is 7.16. The van der Waals surface area contributed by atoms with Crippen molar-refractivity contribution in [2.45, 2.75) is 31.8 Å². The molecule has 0 spiro atoms. The molecule has 1 atom stereocenters. The van der Waals surface area contributed by atoms with Crippen LogP contribution < -0.4 is 5.32 Å². The second-order valence-electron chi connectivity index (χ2n) is 5.46. The Balaban J connectivity index is 1.52. The van der Waals surface area contributed by atoms with Crippen LogP contribution in [0.3, 0.4) is 0 Å². The highest BCUT2D eigenvalue weighted by Gasteiger charge is 2.22. The van der Waals surface area contributed by atoms with Crippen molar-refractivity contribution in [3.63, 3.8) is 0 Å². The van der Waals surface area contributed by atoms with Crippen LogP contribution in [0.4, 0.5) is 0 Å². The van der Waals surface area contributed by atoms with Crippen molar-refractivity contribution in [1.82, 2.24) is 15.3 Å². The van der Waals surface area contributed by atoms with E-state index < -0.39 is 0 Å². The number of nitrogens with zero attached hydrogens (tertiary/aromatic N) is 1. The Morgan fingerprint density at radius 2 is 2.29 bits per heavy atom. The molecule has 0 saturated heterocycles. The summed E-state index contributed by atoms with van der Waals surface area (Å²) in [5, 5.41) is 3.62. The van der Waals surface area contributed by atoms with Crippen molar-refractivity contribution >= 4 is 34.0 Å². The number of nitrogens with one attached hydrogen (secondary N) is 2. The van der Waals surface area contributed by atoms with Crippen molar-refractivity contribution in [2.24, 2.45) is 0 Å². The molecular formula is C16H16ClN3S. The zero-order chi connectivity index (χ0) is 14.2. The second-order valence-corrected chi connectivity index (χ2v) is 7.22. The molecule has 2 aromatic heterocycles. The highest BCUT2D eigenvalue weighted by atomic mass is 35.5. The first kappa shape index (κ1) is 13.3. The number of aromatic amines is 1. The van der Waals surface area contributed by atoms with Crippen LogP contribution in [-0.4, -0.2) is 9.97 Å². The Labute approximate surface area is 132 Å². The number of aromatic nitrogens is 2. The molecule has 0 bridgehead atoms.